The number of hydrogen-bond acceptors (Lipinski definition) is 3. The van der Waals surface area contributed by atoms with Crippen molar-refractivity contribution in [3.63, 3.8) is 0 Å². The molecule has 3 atom stereocenters. The highest BCUT2D eigenvalue weighted by molar-refractivity contribution is 7.12. The molecule has 0 saturated heterocycles. The number of thiophene rings is 1. The van der Waals surface area contributed by atoms with Gasteiger partial charge in [-0.05, 0) is 179 Å². The van der Waals surface area contributed by atoms with Crippen molar-refractivity contribution in [3.05, 3.63) is 139 Å². The van der Waals surface area contributed by atoms with Gasteiger partial charge in [-0.3, -0.25) is 4.79 Å². The lowest BCUT2D eigenvalue weighted by atomic mass is 9.70. The van der Waals surface area contributed by atoms with Crippen LogP contribution in [0.1, 0.15) is 112 Å². The average Bonchev–Trinajstić information content (AvgIpc) is 3.87. The smallest absolute Gasteiger partial charge is 0.305 e. The van der Waals surface area contributed by atoms with Crippen LogP contribution in [0.25, 0.3) is 76.3 Å². The van der Waals surface area contributed by atoms with Crippen molar-refractivity contribution in [3.8, 4) is 0 Å². The molecule has 0 bridgehead atoms. The second kappa shape index (κ2) is 10.9. The molecule has 1 aromatic heterocycles. The molecule has 1 saturated carbocycles. The highest BCUT2D eigenvalue weighted by atomic mass is 32.1. The summed E-state index contributed by atoms with van der Waals surface area (Å²) in [6, 6.07) is 26.2. The molecule has 0 radical (unpaired) electrons. The van der Waals surface area contributed by atoms with Gasteiger partial charge >= 0.3 is 5.97 Å². The minimum atomic E-state index is -0.181. The van der Waals surface area contributed by atoms with E-state index in [1.165, 1.54) is 104 Å². The molecule has 15 rings (SSSR count). The number of carbonyl (C=O) groups excluding carboxylic acids is 1. The molecule has 1 heterocycles. The summed E-state index contributed by atoms with van der Waals surface area (Å²) in [5.74, 6) is -0.108. The molecule has 8 aromatic carbocycles. The van der Waals surface area contributed by atoms with Crippen molar-refractivity contribution in [2.24, 2.45) is 5.41 Å². The molecular weight excluding hydrogens is 737 g/mol. The topological polar surface area (TPSA) is 26.3 Å². The zero-order chi connectivity index (χ0) is 39.3. The fraction of sp³-hybridized carbons (Fsp3) is 0.304. The summed E-state index contributed by atoms with van der Waals surface area (Å²) in [4.78, 5) is 15.6. The average molecular weight is 783 g/mol. The fourth-order valence-corrected chi connectivity index (χ4v) is 15.8. The lowest BCUT2D eigenvalue weighted by Crippen LogP contribution is -2.25. The third-order valence-corrected chi connectivity index (χ3v) is 17.6. The third kappa shape index (κ3) is 3.51. The number of methoxy groups -OCH3 is 1. The van der Waals surface area contributed by atoms with Gasteiger partial charge in [0.2, 0.25) is 0 Å². The number of benzene rings is 7. The van der Waals surface area contributed by atoms with Crippen molar-refractivity contribution in [2.45, 2.75) is 95.8 Å². The Hall–Kier alpha value is -5.25. The number of aryl methyl sites for hydroxylation is 3. The molecule has 3 heteroatoms. The fourth-order valence-electron chi connectivity index (χ4n) is 14.8. The maximum atomic E-state index is 12.6. The van der Waals surface area contributed by atoms with Crippen LogP contribution >= 0.6 is 11.3 Å². The molecule has 1 fully saturated rings. The van der Waals surface area contributed by atoms with Gasteiger partial charge in [0.15, 0.2) is 0 Å². The van der Waals surface area contributed by atoms with Crippen molar-refractivity contribution < 1.29 is 9.53 Å². The lowest BCUT2D eigenvalue weighted by molar-refractivity contribution is -0.140. The van der Waals surface area contributed by atoms with Gasteiger partial charge in [-0.2, -0.15) is 0 Å². The van der Waals surface area contributed by atoms with Gasteiger partial charge in [0.25, 0.3) is 0 Å². The monoisotopic (exact) mass is 782 g/mol. The van der Waals surface area contributed by atoms with Crippen LogP contribution in [-0.4, -0.2) is 13.1 Å². The van der Waals surface area contributed by atoms with Gasteiger partial charge in [-0.1, -0.05) is 105 Å². The number of allylic oxidation sites excluding steroid dienone is 3. The molecule has 9 aromatic rings. The summed E-state index contributed by atoms with van der Waals surface area (Å²) >= 11 is 1.93. The van der Waals surface area contributed by atoms with E-state index in [9.17, 15) is 4.79 Å². The van der Waals surface area contributed by atoms with Gasteiger partial charge in [-0.25, -0.2) is 0 Å². The van der Waals surface area contributed by atoms with Crippen LogP contribution < -0.4 is 0 Å². The van der Waals surface area contributed by atoms with E-state index in [1.807, 2.05) is 11.3 Å². The minimum absolute atomic E-state index is 0.108. The molecule has 3 unspecified atom stereocenters. The van der Waals surface area contributed by atoms with Crippen LogP contribution in [0.2, 0.25) is 0 Å². The van der Waals surface area contributed by atoms with Crippen molar-refractivity contribution in [2.75, 3.05) is 7.11 Å². The first-order chi connectivity index (χ1) is 28.9. The predicted octanol–water partition coefficient (Wildman–Crippen LogP) is 14.2. The van der Waals surface area contributed by atoms with Crippen LogP contribution in [-0.2, 0) is 39.6 Å². The molecule has 0 aliphatic heterocycles. The Bertz CT molecular complexity index is 3430. The Labute approximate surface area is 348 Å². The van der Waals surface area contributed by atoms with E-state index in [-0.39, 0.29) is 22.2 Å². The van der Waals surface area contributed by atoms with Gasteiger partial charge in [0.1, 0.15) is 0 Å². The summed E-state index contributed by atoms with van der Waals surface area (Å²) in [6.07, 6.45) is 18.9. The maximum Gasteiger partial charge on any atom is 0.305 e. The standard InChI is InChI=1S/C44H26O2.C12H20S/c1-46-28(45)8-5-12-43(27-6-3-2-4-7-27)42-13-11-22-16-25-17-23-14-20-9-10-21-15-24-18-26(19-42)34-33(24)36-30(21)29(20)35-31(23)32(25)38-39(37(35)36)41(34)44(42,43)40(22)38;1-4-5-6-7-8-12-9-10(2)13-11(12)3/h2-4,6-7,9-11,13-16,19H,5,8,12,17-18H2,1H3;9H,4-8H2,1-3H3. The Morgan fingerprint density at radius 1 is 0.729 bits per heavy atom. The molecule has 1 spiro atoms. The molecular formula is C56H46O2S. The van der Waals surface area contributed by atoms with Crippen molar-refractivity contribution in [1.82, 2.24) is 0 Å². The maximum absolute atomic E-state index is 12.6. The van der Waals surface area contributed by atoms with Gasteiger partial charge < -0.3 is 4.74 Å². The molecule has 0 N–H and O–H groups in total. The number of esters is 1. The molecule has 6 aliphatic rings. The van der Waals surface area contributed by atoms with Gasteiger partial charge in [0, 0.05) is 32.4 Å². The van der Waals surface area contributed by atoms with E-state index >= 15 is 0 Å². The van der Waals surface area contributed by atoms with E-state index in [0.717, 1.165) is 25.7 Å². The quantitative estimate of drug-likeness (QED) is 0.0785. The van der Waals surface area contributed by atoms with Crippen LogP contribution in [0, 0.1) is 19.3 Å². The van der Waals surface area contributed by atoms with E-state index in [4.69, 9.17) is 4.74 Å². The Balaban J connectivity index is 0.000000231. The normalized spacial score (nSPS) is 22.9. The first kappa shape index (κ1) is 33.6. The van der Waals surface area contributed by atoms with E-state index in [2.05, 4.69) is 106 Å². The Kier molecular flexibility index (Phi) is 6.21. The highest BCUT2D eigenvalue weighted by Gasteiger charge is 2.89. The summed E-state index contributed by atoms with van der Waals surface area (Å²) in [6.45, 7) is 6.71. The van der Waals surface area contributed by atoms with Crippen molar-refractivity contribution >= 4 is 93.6 Å². The number of hydrogen-bond donors (Lipinski definition) is 0. The third-order valence-electron chi connectivity index (χ3n) is 16.5. The summed E-state index contributed by atoms with van der Waals surface area (Å²) < 4.78 is 5.17. The molecule has 0 amide bonds. The van der Waals surface area contributed by atoms with Crippen molar-refractivity contribution in [1.29, 1.82) is 0 Å². The molecule has 6 aliphatic carbocycles. The number of carbonyl (C=O) groups is 1. The first-order valence-corrected chi connectivity index (χ1v) is 23.1. The van der Waals surface area contributed by atoms with Crippen LogP contribution in [0.5, 0.6) is 0 Å². The molecule has 288 valence electrons. The SMILES string of the molecule is CCCCCCc1cc(C)sc1C.COC(=O)CCCC1(c2ccccc2)C23C=Cc4cc5c6c7c4C21c1c2c4c(cc8ccc9cc(c6c6c9c8c4c6c17)C5)CC2=C3. The number of ether oxygens (including phenoxy) is 1. The Morgan fingerprint density at radius 2 is 1.44 bits per heavy atom. The summed E-state index contributed by atoms with van der Waals surface area (Å²) in [5, 5.41) is 18.2. The van der Waals surface area contributed by atoms with Crippen LogP contribution in [0.4, 0.5) is 0 Å². The van der Waals surface area contributed by atoms with E-state index < -0.39 is 0 Å². The van der Waals surface area contributed by atoms with Gasteiger partial charge in [-0.15, -0.1) is 11.3 Å². The Morgan fingerprint density at radius 3 is 2.19 bits per heavy atom. The largest absolute Gasteiger partial charge is 0.469 e. The number of unbranched alkanes of at least 4 members (excludes halogenated alkanes) is 3. The van der Waals surface area contributed by atoms with Crippen LogP contribution in [0.3, 0.4) is 0 Å². The predicted molar refractivity (Wildman–Crippen MR) is 247 cm³/mol. The summed E-state index contributed by atoms with van der Waals surface area (Å²) in [7, 11) is 1.52. The number of rotatable bonds is 10. The van der Waals surface area contributed by atoms with E-state index in [1.54, 1.807) is 65.3 Å². The summed E-state index contributed by atoms with van der Waals surface area (Å²) in [5.41, 5.74) is 14.7. The van der Waals surface area contributed by atoms with Crippen LogP contribution in [0.15, 0.2) is 78.9 Å². The highest BCUT2D eigenvalue weighted by Crippen LogP contribution is 2.91. The lowest BCUT2D eigenvalue weighted by Gasteiger charge is -2.31. The van der Waals surface area contributed by atoms with Gasteiger partial charge in [0.05, 0.1) is 7.11 Å². The zero-order valence-corrected chi connectivity index (χ0v) is 35.2. The first-order valence-electron chi connectivity index (χ1n) is 22.3. The second-order valence-electron chi connectivity index (χ2n) is 19.0. The zero-order valence-electron chi connectivity index (χ0n) is 34.4. The molecule has 2 nitrogen and oxygen atoms in total. The van der Waals surface area contributed by atoms with E-state index in [0.29, 0.717) is 6.42 Å². The molecule has 59 heavy (non-hydrogen) atoms. The minimum Gasteiger partial charge on any atom is -0.469 e. The second-order valence-corrected chi connectivity index (χ2v) is 20.5.